The van der Waals surface area contributed by atoms with Gasteiger partial charge in [0.15, 0.2) is 4.90 Å². The lowest BCUT2D eigenvalue weighted by molar-refractivity contribution is -0.442. The fourth-order valence-corrected chi connectivity index (χ4v) is 3.28. The standard InChI is InChI=1S/C9H6O4.C6H3N3O9S/c10-7-5-3-1-2-4-6(5)8(11)9(7,12)13;10-7(11)3-1-2-4(19(16,17)18)6(9(14)15)5(3)8(12)13/h1-4,12-13H;1-2H,(H,16,17,18). The van der Waals surface area contributed by atoms with Gasteiger partial charge in [0.2, 0.25) is 11.6 Å². The summed E-state index contributed by atoms with van der Waals surface area (Å²) in [5.41, 5.74) is -4.41. The molecule has 2 aromatic rings. The Morgan fingerprint density at radius 3 is 1.53 bits per heavy atom. The van der Waals surface area contributed by atoms with Crippen molar-refractivity contribution in [2.75, 3.05) is 0 Å². The maximum Gasteiger partial charge on any atom is 0.423 e. The van der Waals surface area contributed by atoms with Crippen molar-refractivity contribution in [2.24, 2.45) is 0 Å². The molecule has 0 saturated heterocycles. The van der Waals surface area contributed by atoms with E-state index >= 15 is 0 Å². The van der Waals surface area contributed by atoms with Gasteiger partial charge >= 0.3 is 27.2 Å². The molecule has 168 valence electrons. The summed E-state index contributed by atoms with van der Waals surface area (Å²) in [6, 6.07) is 6.64. The molecule has 0 aromatic heterocycles. The van der Waals surface area contributed by atoms with Crippen LogP contribution in [0.5, 0.6) is 0 Å². The number of nitrogens with zero attached hydrogens (tertiary/aromatic N) is 3. The predicted octanol–water partition coefficient (Wildman–Crippen LogP) is 0.404. The quantitative estimate of drug-likeness (QED) is 0.179. The minimum atomic E-state index is -5.15. The number of fused-ring (bicyclic) bond motifs is 1. The smallest absolute Gasteiger partial charge is 0.353 e. The fraction of sp³-hybridized carbons (Fsp3) is 0.0667. The van der Waals surface area contributed by atoms with Crippen LogP contribution in [0.15, 0.2) is 41.3 Å². The Hall–Kier alpha value is -4.19. The molecule has 16 nitrogen and oxygen atoms in total. The Kier molecular flexibility index (Phi) is 6.13. The van der Waals surface area contributed by atoms with E-state index in [2.05, 4.69) is 0 Å². The first-order valence-corrected chi connectivity index (χ1v) is 9.27. The molecule has 0 unspecified atom stereocenters. The molecule has 2 aromatic carbocycles. The highest BCUT2D eigenvalue weighted by atomic mass is 32.2. The molecule has 3 rings (SSSR count). The summed E-state index contributed by atoms with van der Waals surface area (Å²) in [6.07, 6.45) is 0. The largest absolute Gasteiger partial charge is 0.423 e. The molecule has 0 spiro atoms. The number of nitro groups is 3. The number of carbonyl (C=O) groups is 2. The van der Waals surface area contributed by atoms with Crippen LogP contribution in [-0.4, -0.2) is 55.3 Å². The monoisotopic (exact) mass is 471 g/mol. The average molecular weight is 471 g/mol. The number of hydrogen-bond acceptors (Lipinski definition) is 12. The predicted molar refractivity (Wildman–Crippen MR) is 98.5 cm³/mol. The summed E-state index contributed by atoms with van der Waals surface area (Å²) < 4.78 is 30.5. The Labute approximate surface area is 175 Å². The van der Waals surface area contributed by atoms with Gasteiger partial charge in [-0.3, -0.25) is 44.5 Å². The fourth-order valence-electron chi connectivity index (χ4n) is 2.62. The van der Waals surface area contributed by atoms with Gasteiger partial charge in [-0.1, -0.05) is 24.3 Å². The zero-order valence-corrected chi connectivity index (χ0v) is 16.0. The van der Waals surface area contributed by atoms with E-state index in [9.17, 15) is 48.3 Å². The van der Waals surface area contributed by atoms with Crippen molar-refractivity contribution in [3.63, 3.8) is 0 Å². The van der Waals surface area contributed by atoms with Crippen molar-refractivity contribution in [1.29, 1.82) is 0 Å². The van der Waals surface area contributed by atoms with Gasteiger partial charge in [-0.25, -0.2) is 0 Å². The van der Waals surface area contributed by atoms with Gasteiger partial charge in [0.05, 0.1) is 14.8 Å². The molecule has 0 atom stereocenters. The minimum absolute atomic E-state index is 0.0671. The van der Waals surface area contributed by atoms with Crippen LogP contribution >= 0.6 is 0 Å². The topological polar surface area (TPSA) is 258 Å². The van der Waals surface area contributed by atoms with Crippen LogP contribution in [0.1, 0.15) is 20.7 Å². The van der Waals surface area contributed by atoms with Crippen molar-refractivity contribution in [1.82, 2.24) is 0 Å². The Balaban J connectivity index is 0.000000242. The van der Waals surface area contributed by atoms with Crippen LogP contribution in [0.3, 0.4) is 0 Å². The van der Waals surface area contributed by atoms with E-state index < -0.39 is 64.2 Å². The summed E-state index contributed by atoms with van der Waals surface area (Å²) in [5.74, 6) is -4.76. The van der Waals surface area contributed by atoms with Crippen molar-refractivity contribution in [3.8, 4) is 0 Å². The van der Waals surface area contributed by atoms with Gasteiger partial charge in [0.25, 0.3) is 5.79 Å². The molecule has 0 saturated carbocycles. The summed E-state index contributed by atoms with van der Waals surface area (Å²) in [5, 5.41) is 50.1. The Morgan fingerprint density at radius 1 is 0.750 bits per heavy atom. The maximum atomic E-state index is 11.2. The number of rotatable bonds is 4. The lowest BCUT2D eigenvalue weighted by atomic mass is 10.1. The molecular weight excluding hydrogens is 462 g/mol. The van der Waals surface area contributed by atoms with Crippen molar-refractivity contribution in [3.05, 3.63) is 77.9 Å². The third-order valence-corrected chi connectivity index (χ3v) is 4.87. The van der Waals surface area contributed by atoms with E-state index in [0.29, 0.717) is 12.1 Å². The van der Waals surface area contributed by atoms with E-state index in [1.807, 2.05) is 0 Å². The second-order valence-electron chi connectivity index (χ2n) is 5.90. The third-order valence-electron chi connectivity index (χ3n) is 3.98. The molecular formula is C15H9N3O13S. The van der Waals surface area contributed by atoms with Crippen molar-refractivity contribution >= 4 is 38.7 Å². The first-order valence-electron chi connectivity index (χ1n) is 7.83. The Morgan fingerprint density at radius 2 is 1.19 bits per heavy atom. The SMILES string of the molecule is O=C1c2ccccc2C(=O)C1(O)O.O=[N+]([O-])c1ccc(S(=O)(=O)O)c([N+](=O)[O-])c1[N+](=O)[O-]. The summed E-state index contributed by atoms with van der Waals surface area (Å²) >= 11 is 0. The van der Waals surface area contributed by atoms with Gasteiger partial charge in [-0.05, 0) is 6.07 Å². The number of nitro benzene ring substituents is 3. The van der Waals surface area contributed by atoms with Gasteiger partial charge < -0.3 is 10.2 Å². The van der Waals surface area contributed by atoms with Gasteiger partial charge in [-0.2, -0.15) is 8.42 Å². The van der Waals surface area contributed by atoms with Crippen LogP contribution in [0, 0.1) is 30.3 Å². The molecule has 32 heavy (non-hydrogen) atoms. The zero-order chi connectivity index (χ0) is 24.6. The highest BCUT2D eigenvalue weighted by molar-refractivity contribution is 7.86. The number of hydrogen-bond donors (Lipinski definition) is 3. The van der Waals surface area contributed by atoms with Gasteiger partial charge in [0, 0.05) is 17.2 Å². The number of aliphatic hydroxyl groups is 2. The van der Waals surface area contributed by atoms with Crippen molar-refractivity contribution in [2.45, 2.75) is 10.7 Å². The van der Waals surface area contributed by atoms with Crippen LogP contribution in [0.2, 0.25) is 0 Å². The second kappa shape index (κ2) is 8.15. The van der Waals surface area contributed by atoms with Crippen LogP contribution < -0.4 is 0 Å². The van der Waals surface area contributed by atoms with E-state index in [-0.39, 0.29) is 11.1 Å². The first-order chi connectivity index (χ1) is 14.6. The molecule has 1 aliphatic carbocycles. The molecule has 0 fully saturated rings. The summed E-state index contributed by atoms with van der Waals surface area (Å²) in [7, 11) is -5.15. The average Bonchev–Trinajstić information content (AvgIpc) is 2.87. The van der Waals surface area contributed by atoms with Gasteiger partial charge in [0.1, 0.15) is 0 Å². The molecule has 0 heterocycles. The molecule has 0 aliphatic heterocycles. The lowest BCUT2D eigenvalue weighted by Gasteiger charge is -2.08. The third kappa shape index (κ3) is 4.16. The highest BCUT2D eigenvalue weighted by Gasteiger charge is 2.50. The zero-order valence-electron chi connectivity index (χ0n) is 15.1. The number of benzene rings is 2. The van der Waals surface area contributed by atoms with Crippen LogP contribution in [-0.2, 0) is 10.1 Å². The normalized spacial score (nSPS) is 14.2. The highest BCUT2D eigenvalue weighted by Crippen LogP contribution is 2.40. The van der Waals surface area contributed by atoms with Crippen molar-refractivity contribution < 1.29 is 47.5 Å². The van der Waals surface area contributed by atoms with Crippen LogP contribution in [0.25, 0.3) is 0 Å². The summed E-state index contributed by atoms with van der Waals surface area (Å²) in [6.45, 7) is 0. The van der Waals surface area contributed by atoms with E-state index in [1.54, 1.807) is 12.1 Å². The first kappa shape index (κ1) is 24.1. The van der Waals surface area contributed by atoms with Crippen LogP contribution in [0.4, 0.5) is 17.1 Å². The Bertz CT molecular complexity index is 1260. The van der Waals surface area contributed by atoms with E-state index in [1.165, 1.54) is 12.1 Å². The van der Waals surface area contributed by atoms with E-state index in [4.69, 9.17) is 14.8 Å². The van der Waals surface area contributed by atoms with Gasteiger partial charge in [-0.15, -0.1) is 0 Å². The molecule has 0 bridgehead atoms. The molecule has 0 radical (unpaired) electrons. The van der Waals surface area contributed by atoms with E-state index in [0.717, 1.165) is 0 Å². The number of ketones is 2. The molecule has 0 amide bonds. The summed E-state index contributed by atoms with van der Waals surface area (Å²) in [4.78, 5) is 48.6. The molecule has 17 heteroatoms. The minimum Gasteiger partial charge on any atom is -0.353 e. The molecule has 1 aliphatic rings. The number of carbonyl (C=O) groups excluding carboxylic acids is 2. The second-order valence-corrected chi connectivity index (χ2v) is 7.29. The number of Topliss-reactive ketones (excluding diaryl/α,β-unsaturated/α-hetero) is 2. The lowest BCUT2D eigenvalue weighted by Crippen LogP contribution is -2.40. The maximum absolute atomic E-state index is 11.2. The molecule has 3 N–H and O–H groups in total.